The number of pyridine rings is 1. The van der Waals surface area contributed by atoms with E-state index in [-0.39, 0.29) is 5.97 Å². The molecule has 6 heteroatoms. The third-order valence-electron chi connectivity index (χ3n) is 2.89. The second-order valence-electron chi connectivity index (χ2n) is 4.72. The Hall–Kier alpha value is -2.21. The van der Waals surface area contributed by atoms with Crippen molar-refractivity contribution in [2.24, 2.45) is 7.05 Å². The van der Waals surface area contributed by atoms with Crippen molar-refractivity contribution in [2.75, 3.05) is 14.2 Å². The van der Waals surface area contributed by atoms with Gasteiger partial charge in [-0.1, -0.05) is 0 Å². The lowest BCUT2D eigenvalue weighted by atomic mass is 10.2. The van der Waals surface area contributed by atoms with Gasteiger partial charge >= 0.3 is 5.97 Å². The molecule has 0 saturated carbocycles. The first-order valence-corrected chi connectivity index (χ1v) is 6.28. The molecule has 0 saturated heterocycles. The number of carbonyl (C=O) groups is 1. The van der Waals surface area contributed by atoms with Gasteiger partial charge in [-0.05, 0) is 19.2 Å². The summed E-state index contributed by atoms with van der Waals surface area (Å²) in [6.45, 7) is 1.50. The maximum atomic E-state index is 11.3. The standard InChI is InChI=1S/C14H18N4O2/c1-17(8-11-6-16-18(2)9-11)10-13-5-4-12(7-15-13)14(19)20-3/h4-7,9H,8,10H2,1-3H3. The van der Waals surface area contributed by atoms with Crippen molar-refractivity contribution in [3.05, 3.63) is 47.5 Å². The van der Waals surface area contributed by atoms with Crippen LogP contribution in [0.2, 0.25) is 0 Å². The van der Waals surface area contributed by atoms with E-state index in [0.29, 0.717) is 12.1 Å². The molecule has 6 nitrogen and oxygen atoms in total. The van der Waals surface area contributed by atoms with Crippen molar-refractivity contribution >= 4 is 5.97 Å². The van der Waals surface area contributed by atoms with Crippen molar-refractivity contribution in [3.8, 4) is 0 Å². The van der Waals surface area contributed by atoms with Gasteiger partial charge in [0.05, 0.1) is 24.6 Å². The summed E-state index contributed by atoms with van der Waals surface area (Å²) in [5.41, 5.74) is 2.52. The largest absolute Gasteiger partial charge is 0.465 e. The summed E-state index contributed by atoms with van der Waals surface area (Å²) in [6, 6.07) is 3.57. The lowest BCUT2D eigenvalue weighted by Gasteiger charge is -2.15. The normalized spacial score (nSPS) is 10.8. The molecular formula is C14H18N4O2. The van der Waals surface area contributed by atoms with Crippen LogP contribution in [0, 0.1) is 0 Å². The van der Waals surface area contributed by atoms with Crippen LogP contribution in [0.15, 0.2) is 30.7 Å². The van der Waals surface area contributed by atoms with Crippen LogP contribution in [0.1, 0.15) is 21.6 Å². The topological polar surface area (TPSA) is 60.2 Å². The van der Waals surface area contributed by atoms with Gasteiger partial charge in [-0.15, -0.1) is 0 Å². The van der Waals surface area contributed by atoms with Crippen LogP contribution in [0.4, 0.5) is 0 Å². The fraction of sp³-hybridized carbons (Fsp3) is 0.357. The van der Waals surface area contributed by atoms with Gasteiger partial charge in [0.1, 0.15) is 0 Å². The SMILES string of the molecule is COC(=O)c1ccc(CN(C)Cc2cnn(C)c2)nc1. The molecule has 0 bridgehead atoms. The first kappa shape index (κ1) is 14.2. The molecule has 0 spiro atoms. The van der Waals surface area contributed by atoms with E-state index in [2.05, 4.69) is 19.7 Å². The van der Waals surface area contributed by atoms with E-state index in [9.17, 15) is 4.79 Å². The van der Waals surface area contributed by atoms with Gasteiger partial charge in [0.15, 0.2) is 0 Å². The molecular weight excluding hydrogens is 256 g/mol. The van der Waals surface area contributed by atoms with E-state index in [1.807, 2.05) is 32.6 Å². The molecule has 0 radical (unpaired) electrons. The summed E-state index contributed by atoms with van der Waals surface area (Å²) in [4.78, 5) is 17.7. The van der Waals surface area contributed by atoms with Gasteiger partial charge in [0, 0.05) is 38.1 Å². The van der Waals surface area contributed by atoms with Crippen LogP contribution in [0.3, 0.4) is 0 Å². The van der Waals surface area contributed by atoms with Gasteiger partial charge in [-0.2, -0.15) is 5.10 Å². The summed E-state index contributed by atoms with van der Waals surface area (Å²) in [6.07, 6.45) is 5.38. The quantitative estimate of drug-likeness (QED) is 0.768. The van der Waals surface area contributed by atoms with Gasteiger partial charge in [0.25, 0.3) is 0 Å². The Bertz CT molecular complexity index is 577. The van der Waals surface area contributed by atoms with Crippen LogP contribution in [-0.2, 0) is 24.9 Å². The lowest BCUT2D eigenvalue weighted by molar-refractivity contribution is 0.0600. The number of aromatic nitrogens is 3. The van der Waals surface area contributed by atoms with Crippen molar-refractivity contribution in [3.63, 3.8) is 0 Å². The molecule has 0 N–H and O–H groups in total. The molecule has 0 fully saturated rings. The lowest BCUT2D eigenvalue weighted by Crippen LogP contribution is -2.18. The third kappa shape index (κ3) is 3.64. The predicted octanol–water partition coefficient (Wildman–Crippen LogP) is 1.23. The molecule has 2 rings (SSSR count). The zero-order valence-corrected chi connectivity index (χ0v) is 11.9. The van der Waals surface area contributed by atoms with Crippen molar-refractivity contribution in [1.82, 2.24) is 19.7 Å². The van der Waals surface area contributed by atoms with Crippen LogP contribution >= 0.6 is 0 Å². The number of carbonyl (C=O) groups excluding carboxylic acids is 1. The number of methoxy groups -OCH3 is 1. The molecule has 0 atom stereocenters. The first-order valence-electron chi connectivity index (χ1n) is 6.28. The highest BCUT2D eigenvalue weighted by molar-refractivity contribution is 5.88. The number of hydrogen-bond acceptors (Lipinski definition) is 5. The van der Waals surface area contributed by atoms with E-state index in [1.165, 1.54) is 7.11 Å². The highest BCUT2D eigenvalue weighted by Gasteiger charge is 2.07. The fourth-order valence-corrected chi connectivity index (χ4v) is 1.95. The second-order valence-corrected chi connectivity index (χ2v) is 4.72. The summed E-state index contributed by atoms with van der Waals surface area (Å²) in [7, 11) is 5.28. The van der Waals surface area contributed by atoms with E-state index in [0.717, 1.165) is 17.8 Å². The van der Waals surface area contributed by atoms with Crippen molar-refractivity contribution in [2.45, 2.75) is 13.1 Å². The van der Waals surface area contributed by atoms with Crippen LogP contribution in [0.25, 0.3) is 0 Å². The highest BCUT2D eigenvalue weighted by atomic mass is 16.5. The number of hydrogen-bond donors (Lipinski definition) is 0. The minimum absolute atomic E-state index is 0.368. The van der Waals surface area contributed by atoms with E-state index in [1.54, 1.807) is 16.9 Å². The van der Waals surface area contributed by atoms with Gasteiger partial charge in [-0.3, -0.25) is 14.6 Å². The minimum Gasteiger partial charge on any atom is -0.465 e. The molecule has 2 aromatic rings. The van der Waals surface area contributed by atoms with Gasteiger partial charge < -0.3 is 4.74 Å². The van der Waals surface area contributed by atoms with Crippen molar-refractivity contribution in [1.29, 1.82) is 0 Å². The predicted molar refractivity (Wildman–Crippen MR) is 74.0 cm³/mol. The zero-order chi connectivity index (χ0) is 14.5. The Morgan fingerprint density at radius 1 is 1.35 bits per heavy atom. The van der Waals surface area contributed by atoms with Gasteiger partial charge in [0.2, 0.25) is 0 Å². The number of nitrogens with zero attached hydrogens (tertiary/aromatic N) is 4. The summed E-state index contributed by atoms with van der Waals surface area (Å²) in [5, 5.41) is 4.14. The van der Waals surface area contributed by atoms with Crippen LogP contribution in [-0.4, -0.2) is 39.8 Å². The summed E-state index contributed by atoms with van der Waals surface area (Å²) in [5.74, 6) is -0.368. The summed E-state index contributed by atoms with van der Waals surface area (Å²) >= 11 is 0. The zero-order valence-electron chi connectivity index (χ0n) is 11.9. The Balaban J connectivity index is 1.94. The van der Waals surface area contributed by atoms with Gasteiger partial charge in [-0.25, -0.2) is 4.79 Å². The molecule has 0 aromatic carbocycles. The number of ether oxygens (including phenoxy) is 1. The third-order valence-corrected chi connectivity index (χ3v) is 2.89. The molecule has 0 aliphatic heterocycles. The average molecular weight is 274 g/mol. The monoisotopic (exact) mass is 274 g/mol. The molecule has 2 heterocycles. The van der Waals surface area contributed by atoms with E-state index >= 15 is 0 Å². The molecule has 0 aliphatic rings. The molecule has 0 aliphatic carbocycles. The number of rotatable bonds is 5. The second kappa shape index (κ2) is 6.29. The summed E-state index contributed by atoms with van der Waals surface area (Å²) < 4.78 is 6.42. The first-order chi connectivity index (χ1) is 9.58. The minimum atomic E-state index is -0.368. The maximum Gasteiger partial charge on any atom is 0.339 e. The Kier molecular flexibility index (Phi) is 4.47. The average Bonchev–Trinajstić information content (AvgIpc) is 2.84. The Labute approximate surface area is 118 Å². The molecule has 0 unspecified atom stereocenters. The molecule has 20 heavy (non-hydrogen) atoms. The molecule has 0 amide bonds. The van der Waals surface area contributed by atoms with Crippen molar-refractivity contribution < 1.29 is 9.53 Å². The molecule has 106 valence electrons. The smallest absolute Gasteiger partial charge is 0.339 e. The van der Waals surface area contributed by atoms with E-state index in [4.69, 9.17) is 0 Å². The Morgan fingerprint density at radius 3 is 2.70 bits per heavy atom. The highest BCUT2D eigenvalue weighted by Crippen LogP contribution is 2.07. The van der Waals surface area contributed by atoms with Crippen LogP contribution < -0.4 is 0 Å². The van der Waals surface area contributed by atoms with Crippen LogP contribution in [0.5, 0.6) is 0 Å². The number of esters is 1. The maximum absolute atomic E-state index is 11.3. The fourth-order valence-electron chi connectivity index (χ4n) is 1.95. The Morgan fingerprint density at radius 2 is 2.15 bits per heavy atom. The van der Waals surface area contributed by atoms with E-state index < -0.39 is 0 Å². The molecule has 2 aromatic heterocycles. The number of aryl methyl sites for hydroxylation is 1.